The van der Waals surface area contributed by atoms with E-state index in [-0.39, 0.29) is 10.7 Å². The number of aryl methyl sites for hydroxylation is 1. The number of ketones is 1. The lowest BCUT2D eigenvalue weighted by molar-refractivity contribution is 0.101. The van der Waals surface area contributed by atoms with Gasteiger partial charge in [-0.05, 0) is 31.2 Å². The van der Waals surface area contributed by atoms with Crippen LogP contribution < -0.4 is 5.32 Å². The first kappa shape index (κ1) is 20.2. The molecule has 9 heteroatoms. The highest BCUT2D eigenvalue weighted by molar-refractivity contribution is 7.89. The summed E-state index contributed by atoms with van der Waals surface area (Å²) in [6, 6.07) is 5.74. The number of hydrogen-bond donors (Lipinski definition) is 1. The van der Waals surface area contributed by atoms with Gasteiger partial charge in [0, 0.05) is 25.6 Å². The molecule has 0 spiro atoms. The van der Waals surface area contributed by atoms with E-state index in [4.69, 9.17) is 0 Å². The van der Waals surface area contributed by atoms with Gasteiger partial charge in [-0.15, -0.1) is 0 Å². The topological polar surface area (TPSA) is 96.4 Å². The van der Waals surface area contributed by atoms with Crippen LogP contribution in [-0.2, 0) is 10.0 Å². The minimum absolute atomic E-state index is 0.105. The number of aromatic nitrogens is 1. The molecule has 0 saturated carbocycles. The maximum atomic E-state index is 12.5. The molecule has 0 aliphatic rings. The third-order valence-corrected chi connectivity index (χ3v) is 7.03. The molecule has 1 aromatic heterocycles. The Morgan fingerprint density at radius 2 is 1.73 bits per heavy atom. The molecule has 2 rings (SSSR count). The van der Waals surface area contributed by atoms with E-state index in [2.05, 4.69) is 10.3 Å². The smallest absolute Gasteiger partial charge is 0.257 e. The summed E-state index contributed by atoms with van der Waals surface area (Å²) >= 11 is 1.11. The quantitative estimate of drug-likeness (QED) is 0.727. The maximum absolute atomic E-state index is 12.5. The number of carbonyl (C=O) groups excluding carboxylic acids is 2. The van der Waals surface area contributed by atoms with Gasteiger partial charge in [0.1, 0.15) is 0 Å². The average molecular weight is 396 g/mol. The normalized spacial score (nSPS) is 11.6. The molecule has 1 aromatic carbocycles. The number of thiazole rings is 1. The first-order valence-electron chi connectivity index (χ1n) is 8.10. The second kappa shape index (κ2) is 8.07. The van der Waals surface area contributed by atoms with E-state index in [0.717, 1.165) is 11.3 Å². The minimum atomic E-state index is -3.56. The first-order chi connectivity index (χ1) is 12.2. The van der Waals surface area contributed by atoms with Crippen molar-refractivity contribution in [2.45, 2.75) is 32.6 Å². The van der Waals surface area contributed by atoms with E-state index in [9.17, 15) is 18.0 Å². The summed E-state index contributed by atoms with van der Waals surface area (Å²) in [5.41, 5.74) is 0.874. The summed E-state index contributed by atoms with van der Waals surface area (Å²) in [6.45, 7) is 7.45. The number of sulfonamides is 1. The molecule has 140 valence electrons. The van der Waals surface area contributed by atoms with Crippen LogP contribution in [0.2, 0.25) is 0 Å². The Morgan fingerprint density at radius 3 is 2.19 bits per heavy atom. The summed E-state index contributed by atoms with van der Waals surface area (Å²) in [5.74, 6) is -0.521. The van der Waals surface area contributed by atoms with Crippen LogP contribution in [0.25, 0.3) is 0 Å². The molecule has 0 unspecified atom stereocenters. The van der Waals surface area contributed by atoms with Crippen LogP contribution in [0.15, 0.2) is 29.2 Å². The molecule has 1 amide bonds. The molecule has 26 heavy (non-hydrogen) atoms. The largest absolute Gasteiger partial charge is 0.298 e. The van der Waals surface area contributed by atoms with Gasteiger partial charge in [0.2, 0.25) is 10.0 Å². The molecule has 0 aliphatic heterocycles. The first-order valence-corrected chi connectivity index (χ1v) is 10.4. The standard InChI is InChI=1S/C17H21N3O4S2/c1-5-20(6-2)26(23,24)14-9-7-13(8-10-14)16(22)19-17-18-11(3)15(25-17)12(4)21/h7-10H,5-6H2,1-4H3,(H,18,19,22). The van der Waals surface area contributed by atoms with E-state index < -0.39 is 15.9 Å². The Bertz CT molecular complexity index is 914. The molecule has 7 nitrogen and oxygen atoms in total. The zero-order valence-electron chi connectivity index (χ0n) is 15.1. The number of Topliss-reactive ketones (excluding diaryl/α,β-unsaturated/α-hetero) is 1. The van der Waals surface area contributed by atoms with Crippen LogP contribution in [0.1, 0.15) is 46.5 Å². The van der Waals surface area contributed by atoms with E-state index in [1.54, 1.807) is 20.8 Å². The highest BCUT2D eigenvalue weighted by Gasteiger charge is 2.22. The predicted octanol–water partition coefficient (Wildman–Crippen LogP) is 2.94. The molecule has 0 bridgehead atoms. The van der Waals surface area contributed by atoms with Gasteiger partial charge >= 0.3 is 0 Å². The number of hydrogen-bond acceptors (Lipinski definition) is 6. The van der Waals surface area contributed by atoms with Crippen molar-refractivity contribution in [3.05, 3.63) is 40.4 Å². The van der Waals surface area contributed by atoms with Gasteiger partial charge in [-0.3, -0.25) is 14.9 Å². The Labute approximate surface area is 157 Å². The Hall–Kier alpha value is -2.10. The monoisotopic (exact) mass is 395 g/mol. The van der Waals surface area contributed by atoms with Crippen molar-refractivity contribution >= 4 is 38.2 Å². The highest BCUT2D eigenvalue weighted by atomic mass is 32.2. The van der Waals surface area contributed by atoms with Gasteiger partial charge in [-0.2, -0.15) is 4.31 Å². The summed E-state index contributed by atoms with van der Waals surface area (Å²) in [4.78, 5) is 28.6. The van der Waals surface area contributed by atoms with Gasteiger partial charge in [0.05, 0.1) is 15.5 Å². The van der Waals surface area contributed by atoms with Gasteiger partial charge in [-0.25, -0.2) is 13.4 Å². The van der Waals surface area contributed by atoms with Crippen molar-refractivity contribution in [1.82, 2.24) is 9.29 Å². The second-order valence-electron chi connectivity index (χ2n) is 5.56. The van der Waals surface area contributed by atoms with Crippen molar-refractivity contribution < 1.29 is 18.0 Å². The minimum Gasteiger partial charge on any atom is -0.298 e. The summed E-state index contributed by atoms with van der Waals surface area (Å²) in [7, 11) is -3.56. The zero-order chi connectivity index (χ0) is 19.5. The molecule has 0 saturated heterocycles. The molecule has 1 N–H and O–H groups in total. The second-order valence-corrected chi connectivity index (χ2v) is 8.49. The van der Waals surface area contributed by atoms with E-state index >= 15 is 0 Å². The van der Waals surface area contributed by atoms with Crippen molar-refractivity contribution in [3.63, 3.8) is 0 Å². The number of nitrogens with one attached hydrogen (secondary N) is 1. The summed E-state index contributed by atoms with van der Waals surface area (Å²) < 4.78 is 26.3. The van der Waals surface area contributed by atoms with Crippen molar-refractivity contribution in [3.8, 4) is 0 Å². The Morgan fingerprint density at radius 1 is 1.15 bits per heavy atom. The van der Waals surface area contributed by atoms with Crippen molar-refractivity contribution in [1.29, 1.82) is 0 Å². The van der Waals surface area contributed by atoms with Crippen LogP contribution in [-0.4, -0.2) is 42.5 Å². The number of anilines is 1. The third kappa shape index (κ3) is 4.17. The van der Waals surface area contributed by atoms with Crippen LogP contribution >= 0.6 is 11.3 Å². The SMILES string of the molecule is CCN(CC)S(=O)(=O)c1ccc(C(=O)Nc2nc(C)c(C(C)=O)s2)cc1. The molecule has 0 fully saturated rings. The van der Waals surface area contributed by atoms with Crippen LogP contribution in [0, 0.1) is 6.92 Å². The number of amides is 1. The van der Waals surface area contributed by atoms with Crippen molar-refractivity contribution in [2.75, 3.05) is 18.4 Å². The number of nitrogens with zero attached hydrogens (tertiary/aromatic N) is 2. The summed E-state index contributed by atoms with van der Waals surface area (Å²) in [5, 5.41) is 2.97. The number of rotatable bonds is 7. The zero-order valence-corrected chi connectivity index (χ0v) is 16.7. The molecule has 1 heterocycles. The molecular formula is C17H21N3O4S2. The lowest BCUT2D eigenvalue weighted by atomic mass is 10.2. The Balaban J connectivity index is 2.19. The molecule has 0 atom stereocenters. The molecule has 0 radical (unpaired) electrons. The van der Waals surface area contributed by atoms with Crippen LogP contribution in [0.3, 0.4) is 0 Å². The predicted molar refractivity (Wildman–Crippen MR) is 101 cm³/mol. The van der Waals surface area contributed by atoms with E-state index in [1.807, 2.05) is 0 Å². The Kier molecular flexibility index (Phi) is 6.27. The fraction of sp³-hybridized carbons (Fsp3) is 0.353. The highest BCUT2D eigenvalue weighted by Crippen LogP contribution is 2.24. The fourth-order valence-corrected chi connectivity index (χ4v) is 4.75. The van der Waals surface area contributed by atoms with Gasteiger partial charge in [0.25, 0.3) is 5.91 Å². The van der Waals surface area contributed by atoms with E-state index in [0.29, 0.717) is 34.4 Å². The van der Waals surface area contributed by atoms with Crippen LogP contribution in [0.4, 0.5) is 5.13 Å². The van der Waals surface area contributed by atoms with Crippen LogP contribution in [0.5, 0.6) is 0 Å². The molecule has 0 aliphatic carbocycles. The average Bonchev–Trinajstić information content (AvgIpc) is 2.96. The summed E-state index contributed by atoms with van der Waals surface area (Å²) in [6.07, 6.45) is 0. The molecular weight excluding hydrogens is 374 g/mol. The third-order valence-electron chi connectivity index (χ3n) is 3.80. The number of benzene rings is 1. The van der Waals surface area contributed by atoms with E-state index in [1.165, 1.54) is 35.5 Å². The molecule has 2 aromatic rings. The fourth-order valence-electron chi connectivity index (χ4n) is 2.44. The van der Waals surface area contributed by atoms with Gasteiger partial charge in [-0.1, -0.05) is 25.2 Å². The van der Waals surface area contributed by atoms with Crippen molar-refractivity contribution in [2.24, 2.45) is 0 Å². The number of carbonyl (C=O) groups is 2. The van der Waals surface area contributed by atoms with Gasteiger partial charge in [0.15, 0.2) is 10.9 Å². The maximum Gasteiger partial charge on any atom is 0.257 e. The lowest BCUT2D eigenvalue weighted by Gasteiger charge is -2.18. The lowest BCUT2D eigenvalue weighted by Crippen LogP contribution is -2.30. The van der Waals surface area contributed by atoms with Gasteiger partial charge < -0.3 is 0 Å².